The lowest BCUT2D eigenvalue weighted by molar-refractivity contribution is -0.218. The minimum absolute atomic E-state index is 0.0746. The van der Waals surface area contributed by atoms with Crippen molar-refractivity contribution in [2.75, 3.05) is 19.8 Å². The van der Waals surface area contributed by atoms with Gasteiger partial charge in [-0.3, -0.25) is 0 Å². The number of aliphatic hydroxyl groups excluding tert-OH is 3. The second kappa shape index (κ2) is 19.0. The molecule has 0 amide bonds. The van der Waals surface area contributed by atoms with Crippen LogP contribution in [0, 0.1) is 0 Å². The van der Waals surface area contributed by atoms with Gasteiger partial charge in [0.05, 0.1) is 46.2 Å². The average molecular weight is 695 g/mol. The first-order valence-corrected chi connectivity index (χ1v) is 17.3. The third-order valence-corrected chi connectivity index (χ3v) is 8.92. The van der Waals surface area contributed by atoms with Gasteiger partial charge in [0, 0.05) is 0 Å². The fraction of sp³-hybridized carbons (Fsp3) is 0.333. The molecule has 5 aromatic rings. The maximum atomic E-state index is 10.7. The van der Waals surface area contributed by atoms with E-state index in [0.717, 1.165) is 33.0 Å². The largest absolute Gasteiger partial charge is 0.394 e. The number of ether oxygens (including phenoxy) is 6. The van der Waals surface area contributed by atoms with E-state index in [2.05, 4.69) is 30.3 Å². The Morgan fingerprint density at radius 1 is 0.529 bits per heavy atom. The number of hydrogen-bond acceptors (Lipinski definition) is 9. The molecule has 9 nitrogen and oxygen atoms in total. The van der Waals surface area contributed by atoms with Gasteiger partial charge in [0.1, 0.15) is 36.6 Å². The van der Waals surface area contributed by atoms with Gasteiger partial charge in [0.25, 0.3) is 0 Å². The standard InChI is InChI=1S/C42H46O9/c43-23-36-39(44)40(45)42(51-36)50-29-38(48-26-31-14-6-2-7-15-31)41(49-27-32-16-8-3-9-17-32)37(47-25-30-12-4-1-5-13-30)28-46-24-33-20-21-34-18-10-11-19-35(34)22-33/h1-22,36-45H,23-29H2/t36-,37?,38?,39?,40?,41?,42-/m1/s1. The van der Waals surface area contributed by atoms with Crippen molar-refractivity contribution >= 4 is 10.8 Å². The predicted octanol–water partition coefficient (Wildman–Crippen LogP) is 5.57. The first-order chi connectivity index (χ1) is 25.1. The molecule has 0 bridgehead atoms. The molecular formula is C42H46O9. The Morgan fingerprint density at radius 3 is 1.63 bits per heavy atom. The Labute approximate surface area is 298 Å². The lowest BCUT2D eigenvalue weighted by Gasteiger charge is -2.34. The van der Waals surface area contributed by atoms with Crippen molar-refractivity contribution in [3.63, 3.8) is 0 Å². The summed E-state index contributed by atoms with van der Waals surface area (Å²) in [4.78, 5) is 0. The molecule has 7 atom stereocenters. The molecule has 3 N–H and O–H groups in total. The second-order valence-corrected chi connectivity index (χ2v) is 12.7. The third kappa shape index (κ3) is 10.5. The topological polar surface area (TPSA) is 116 Å². The van der Waals surface area contributed by atoms with Gasteiger partial charge >= 0.3 is 0 Å². The fourth-order valence-corrected chi connectivity index (χ4v) is 6.07. The highest BCUT2D eigenvalue weighted by atomic mass is 16.7. The third-order valence-electron chi connectivity index (χ3n) is 8.92. The zero-order valence-corrected chi connectivity index (χ0v) is 28.5. The highest BCUT2D eigenvalue weighted by molar-refractivity contribution is 5.82. The summed E-state index contributed by atoms with van der Waals surface area (Å²) in [6.07, 6.45) is -6.86. The summed E-state index contributed by atoms with van der Waals surface area (Å²) in [5.41, 5.74) is 3.93. The van der Waals surface area contributed by atoms with Gasteiger partial charge < -0.3 is 43.7 Å². The normalized spacial score (nSPS) is 20.7. The summed E-state index contributed by atoms with van der Waals surface area (Å²) in [5, 5.41) is 33.0. The SMILES string of the molecule is OC[C@H]1O[C@@H](OCC(OCc2ccccc2)C(OCc2ccccc2)C(COCc2ccc3ccccc3c2)OCc2ccccc2)C(O)C1O. The molecule has 1 aliphatic rings. The van der Waals surface area contributed by atoms with Crippen LogP contribution in [0.5, 0.6) is 0 Å². The first-order valence-electron chi connectivity index (χ1n) is 17.3. The Balaban J connectivity index is 1.26. The van der Waals surface area contributed by atoms with Crippen LogP contribution in [-0.2, 0) is 54.8 Å². The average Bonchev–Trinajstić information content (AvgIpc) is 3.46. The molecule has 9 heteroatoms. The zero-order chi connectivity index (χ0) is 35.3. The second-order valence-electron chi connectivity index (χ2n) is 12.7. The van der Waals surface area contributed by atoms with Crippen LogP contribution >= 0.6 is 0 Å². The Morgan fingerprint density at radius 2 is 1.06 bits per heavy atom. The molecule has 268 valence electrons. The summed E-state index contributed by atoms with van der Waals surface area (Å²) in [6.45, 7) is 0.818. The molecule has 5 unspecified atom stereocenters. The van der Waals surface area contributed by atoms with Crippen LogP contribution in [0.3, 0.4) is 0 Å². The van der Waals surface area contributed by atoms with E-state index in [1.54, 1.807) is 0 Å². The van der Waals surface area contributed by atoms with Crippen molar-refractivity contribution < 1.29 is 43.7 Å². The number of rotatable bonds is 19. The van der Waals surface area contributed by atoms with Gasteiger partial charge in [-0.1, -0.05) is 127 Å². The van der Waals surface area contributed by atoms with Gasteiger partial charge in [-0.25, -0.2) is 0 Å². The number of fused-ring (bicyclic) bond motifs is 1. The summed E-state index contributed by atoms with van der Waals surface area (Å²) in [6, 6.07) is 44.0. The molecule has 1 aliphatic heterocycles. The summed E-state index contributed by atoms with van der Waals surface area (Å²) in [7, 11) is 0. The summed E-state index contributed by atoms with van der Waals surface area (Å²) >= 11 is 0. The van der Waals surface area contributed by atoms with Crippen LogP contribution in [0.15, 0.2) is 133 Å². The molecule has 0 aliphatic carbocycles. The van der Waals surface area contributed by atoms with Gasteiger partial charge in [-0.2, -0.15) is 0 Å². The molecule has 6 rings (SSSR count). The van der Waals surface area contributed by atoms with Crippen LogP contribution < -0.4 is 0 Å². The van der Waals surface area contributed by atoms with E-state index in [-0.39, 0.29) is 26.4 Å². The Bertz CT molecular complexity index is 1720. The summed E-state index contributed by atoms with van der Waals surface area (Å²) in [5.74, 6) is 0. The quantitative estimate of drug-likeness (QED) is 0.102. The Hall–Kier alpha value is -4.00. The van der Waals surface area contributed by atoms with E-state index >= 15 is 0 Å². The molecule has 0 radical (unpaired) electrons. The van der Waals surface area contributed by atoms with Crippen molar-refractivity contribution in [2.24, 2.45) is 0 Å². The molecule has 1 fully saturated rings. The van der Waals surface area contributed by atoms with Crippen molar-refractivity contribution in [2.45, 2.75) is 69.3 Å². The van der Waals surface area contributed by atoms with Crippen molar-refractivity contribution in [1.29, 1.82) is 0 Å². The highest BCUT2D eigenvalue weighted by Crippen LogP contribution is 2.25. The van der Waals surface area contributed by atoms with Crippen molar-refractivity contribution in [3.8, 4) is 0 Å². The number of aliphatic hydroxyl groups is 3. The molecule has 0 aromatic heterocycles. The lowest BCUT2D eigenvalue weighted by atomic mass is 10.1. The maximum Gasteiger partial charge on any atom is 0.186 e. The predicted molar refractivity (Wildman–Crippen MR) is 192 cm³/mol. The van der Waals surface area contributed by atoms with Gasteiger partial charge in [0.15, 0.2) is 6.29 Å². The molecule has 0 saturated carbocycles. The first kappa shape index (κ1) is 36.8. The minimum Gasteiger partial charge on any atom is -0.394 e. The van der Waals surface area contributed by atoms with Gasteiger partial charge in [-0.15, -0.1) is 0 Å². The summed E-state index contributed by atoms with van der Waals surface area (Å²) < 4.78 is 38.0. The highest BCUT2D eigenvalue weighted by Gasteiger charge is 2.44. The van der Waals surface area contributed by atoms with Crippen molar-refractivity contribution in [1.82, 2.24) is 0 Å². The lowest BCUT2D eigenvalue weighted by Crippen LogP contribution is -2.48. The van der Waals surface area contributed by atoms with E-state index in [1.807, 2.05) is 103 Å². The van der Waals surface area contributed by atoms with E-state index in [1.165, 1.54) is 0 Å². The fourth-order valence-electron chi connectivity index (χ4n) is 6.07. The van der Waals surface area contributed by atoms with Crippen LogP contribution in [0.1, 0.15) is 22.3 Å². The number of hydrogen-bond donors (Lipinski definition) is 3. The van der Waals surface area contributed by atoms with Gasteiger partial charge in [0.2, 0.25) is 0 Å². The van der Waals surface area contributed by atoms with Gasteiger partial charge in [-0.05, 0) is 39.1 Å². The smallest absolute Gasteiger partial charge is 0.186 e. The maximum absolute atomic E-state index is 10.7. The molecule has 0 spiro atoms. The van der Waals surface area contributed by atoms with E-state index in [4.69, 9.17) is 28.4 Å². The minimum atomic E-state index is -1.35. The van der Waals surface area contributed by atoms with Crippen LogP contribution in [0.25, 0.3) is 10.8 Å². The van der Waals surface area contributed by atoms with E-state index < -0.39 is 49.5 Å². The van der Waals surface area contributed by atoms with E-state index in [9.17, 15) is 15.3 Å². The van der Waals surface area contributed by atoms with E-state index in [0.29, 0.717) is 13.2 Å². The zero-order valence-electron chi connectivity index (χ0n) is 28.5. The van der Waals surface area contributed by atoms with Crippen LogP contribution in [-0.4, -0.2) is 78.1 Å². The molecule has 5 aromatic carbocycles. The molecular weight excluding hydrogens is 648 g/mol. The monoisotopic (exact) mass is 694 g/mol. The van der Waals surface area contributed by atoms with Crippen LogP contribution in [0.2, 0.25) is 0 Å². The van der Waals surface area contributed by atoms with Crippen molar-refractivity contribution in [3.05, 3.63) is 156 Å². The molecule has 1 heterocycles. The molecule has 1 saturated heterocycles. The number of benzene rings is 5. The molecule has 51 heavy (non-hydrogen) atoms. The Kier molecular flexibility index (Phi) is 13.7. The van der Waals surface area contributed by atoms with Crippen LogP contribution in [0.4, 0.5) is 0 Å².